The summed E-state index contributed by atoms with van der Waals surface area (Å²) in [6.07, 6.45) is 0.265. The molecule has 0 radical (unpaired) electrons. The summed E-state index contributed by atoms with van der Waals surface area (Å²) in [6, 6.07) is 20.9. The van der Waals surface area contributed by atoms with E-state index in [1.165, 1.54) is 11.8 Å². The number of fused-ring (bicyclic) bond motifs is 1. The van der Waals surface area contributed by atoms with Crippen LogP contribution < -0.4 is 19.1 Å². The molecule has 1 unspecified atom stereocenters. The fourth-order valence-corrected chi connectivity index (χ4v) is 5.87. The highest BCUT2D eigenvalue weighted by molar-refractivity contribution is 7.92. The van der Waals surface area contributed by atoms with Crippen LogP contribution in [-0.2, 0) is 32.6 Å². The number of hydrogen-bond acceptors (Lipinski definition) is 6. The van der Waals surface area contributed by atoms with E-state index in [0.717, 1.165) is 21.0 Å². The monoisotopic (exact) mass is 593 g/mol. The number of carbonyl (C=O) groups excluding carboxylic acids is 2. The molecule has 4 rings (SSSR count). The van der Waals surface area contributed by atoms with Gasteiger partial charge in [-0.3, -0.25) is 13.9 Å². The minimum absolute atomic E-state index is 0.135. The molecule has 1 N–H and O–H groups in total. The summed E-state index contributed by atoms with van der Waals surface area (Å²) in [6.45, 7) is 7.59. The smallest absolute Gasteiger partial charge is 0.244 e. The largest absolute Gasteiger partial charge is 0.486 e. The first-order valence-electron chi connectivity index (χ1n) is 14.2. The van der Waals surface area contributed by atoms with Crippen LogP contribution in [0.3, 0.4) is 0 Å². The lowest BCUT2D eigenvalue weighted by Gasteiger charge is -2.34. The van der Waals surface area contributed by atoms with Gasteiger partial charge < -0.3 is 19.7 Å². The van der Waals surface area contributed by atoms with Gasteiger partial charge in [-0.15, -0.1) is 0 Å². The van der Waals surface area contributed by atoms with Crippen molar-refractivity contribution < 1.29 is 27.5 Å². The molecule has 3 aromatic rings. The maximum Gasteiger partial charge on any atom is 0.244 e. The van der Waals surface area contributed by atoms with Crippen molar-refractivity contribution >= 4 is 27.5 Å². The Hall–Kier alpha value is -4.05. The maximum atomic E-state index is 14.3. The van der Waals surface area contributed by atoms with Crippen molar-refractivity contribution in [2.45, 2.75) is 52.7 Å². The van der Waals surface area contributed by atoms with Crippen molar-refractivity contribution in [1.82, 2.24) is 10.2 Å². The van der Waals surface area contributed by atoms with E-state index in [4.69, 9.17) is 9.47 Å². The molecule has 2 amide bonds. The van der Waals surface area contributed by atoms with Gasteiger partial charge in [0.1, 0.15) is 25.8 Å². The third-order valence-corrected chi connectivity index (χ3v) is 8.84. The summed E-state index contributed by atoms with van der Waals surface area (Å²) in [5.41, 5.74) is 3.00. The number of benzene rings is 3. The van der Waals surface area contributed by atoms with Gasteiger partial charge in [0.05, 0.1) is 11.4 Å². The molecular weight excluding hydrogens is 554 g/mol. The van der Waals surface area contributed by atoms with Crippen molar-refractivity contribution in [2.24, 2.45) is 0 Å². The van der Waals surface area contributed by atoms with Gasteiger partial charge in [-0.2, -0.15) is 0 Å². The Morgan fingerprint density at radius 3 is 2.26 bits per heavy atom. The predicted molar refractivity (Wildman–Crippen MR) is 163 cm³/mol. The number of anilines is 1. The van der Waals surface area contributed by atoms with Crippen LogP contribution in [0, 0.1) is 6.92 Å². The van der Waals surface area contributed by atoms with Crippen molar-refractivity contribution in [1.29, 1.82) is 0 Å². The van der Waals surface area contributed by atoms with Crippen LogP contribution in [0.4, 0.5) is 5.69 Å². The molecule has 1 aliphatic rings. The number of aryl methyl sites for hydroxylation is 1. The van der Waals surface area contributed by atoms with E-state index in [1.54, 1.807) is 18.2 Å². The zero-order valence-corrected chi connectivity index (χ0v) is 25.4. The topological polar surface area (TPSA) is 105 Å². The van der Waals surface area contributed by atoms with E-state index in [-0.39, 0.29) is 36.4 Å². The van der Waals surface area contributed by atoms with Gasteiger partial charge in [0.15, 0.2) is 11.5 Å². The molecule has 1 heterocycles. The van der Waals surface area contributed by atoms with Crippen LogP contribution >= 0.6 is 0 Å². The lowest BCUT2D eigenvalue weighted by Crippen LogP contribution is -2.54. The van der Waals surface area contributed by atoms with E-state index in [9.17, 15) is 18.0 Å². The number of nitrogens with zero attached hydrogens (tertiary/aromatic N) is 2. The minimum Gasteiger partial charge on any atom is -0.486 e. The van der Waals surface area contributed by atoms with E-state index >= 15 is 0 Å². The molecule has 0 spiro atoms. The molecule has 1 atom stereocenters. The molecule has 3 aromatic carbocycles. The number of rotatable bonds is 12. The lowest BCUT2D eigenvalue weighted by atomic mass is 10.0. The summed E-state index contributed by atoms with van der Waals surface area (Å²) >= 11 is 0. The molecule has 0 aromatic heterocycles. The molecule has 0 fully saturated rings. The number of amides is 2. The predicted octanol–water partition coefficient (Wildman–Crippen LogP) is 4.09. The van der Waals surface area contributed by atoms with Gasteiger partial charge in [-0.1, -0.05) is 54.6 Å². The fourth-order valence-electron chi connectivity index (χ4n) is 4.81. The first-order valence-corrected chi connectivity index (χ1v) is 15.8. The Kier molecular flexibility index (Phi) is 10.1. The Labute approximate surface area is 248 Å². The standard InChI is InChI=1S/C32H39N3O6S/c1-5-42(38,39)35(27-15-16-29-30(20-27)41-18-17-40-29)22-31(36)34(21-26-14-10-9-11-24(26)4)28(32(37)33-23(2)3)19-25-12-7-6-8-13-25/h6-16,20,23,28H,5,17-19,21-22H2,1-4H3,(H,33,37). The number of carbonyl (C=O) groups is 2. The average molecular weight is 594 g/mol. The van der Waals surface area contributed by atoms with E-state index in [2.05, 4.69) is 5.32 Å². The van der Waals surface area contributed by atoms with Crippen LogP contribution in [-0.4, -0.2) is 62.7 Å². The molecule has 0 aliphatic carbocycles. The molecule has 1 aliphatic heterocycles. The summed E-state index contributed by atoms with van der Waals surface area (Å²) in [4.78, 5) is 29.5. The Morgan fingerprint density at radius 1 is 0.929 bits per heavy atom. The molecule has 42 heavy (non-hydrogen) atoms. The van der Waals surface area contributed by atoms with Crippen molar-refractivity contribution in [3.05, 3.63) is 89.5 Å². The van der Waals surface area contributed by atoms with Crippen LogP contribution in [0.15, 0.2) is 72.8 Å². The molecule has 0 saturated carbocycles. The lowest BCUT2D eigenvalue weighted by molar-refractivity contribution is -0.140. The summed E-state index contributed by atoms with van der Waals surface area (Å²) in [7, 11) is -3.88. The van der Waals surface area contributed by atoms with Crippen molar-refractivity contribution in [3.63, 3.8) is 0 Å². The highest BCUT2D eigenvalue weighted by Gasteiger charge is 2.34. The molecule has 10 heteroatoms. The normalized spacial score (nSPS) is 13.4. The van der Waals surface area contributed by atoms with Gasteiger partial charge in [0.25, 0.3) is 0 Å². The second-order valence-electron chi connectivity index (χ2n) is 10.6. The second kappa shape index (κ2) is 13.7. The highest BCUT2D eigenvalue weighted by Crippen LogP contribution is 2.35. The summed E-state index contributed by atoms with van der Waals surface area (Å²) in [5.74, 6) is -0.0875. The average Bonchev–Trinajstić information content (AvgIpc) is 2.98. The summed E-state index contributed by atoms with van der Waals surface area (Å²) < 4.78 is 39.1. The number of nitrogens with one attached hydrogen (secondary N) is 1. The van der Waals surface area contributed by atoms with Gasteiger partial charge in [0.2, 0.25) is 21.8 Å². The third kappa shape index (κ3) is 7.61. The maximum absolute atomic E-state index is 14.3. The van der Waals surface area contributed by atoms with E-state index in [1.807, 2.05) is 75.4 Å². The van der Waals surface area contributed by atoms with Gasteiger partial charge in [0, 0.05) is 25.1 Å². The minimum atomic E-state index is -3.88. The van der Waals surface area contributed by atoms with E-state index in [0.29, 0.717) is 24.7 Å². The Balaban J connectivity index is 1.76. The number of hydrogen-bond donors (Lipinski definition) is 1. The van der Waals surface area contributed by atoms with Crippen molar-refractivity contribution in [2.75, 3.05) is 29.8 Å². The number of sulfonamides is 1. The van der Waals surface area contributed by atoms with Gasteiger partial charge >= 0.3 is 0 Å². The quantitative estimate of drug-likeness (QED) is 0.339. The number of ether oxygens (including phenoxy) is 2. The Bertz CT molecular complexity index is 1490. The summed E-state index contributed by atoms with van der Waals surface area (Å²) in [5, 5.41) is 2.96. The SMILES string of the molecule is CCS(=O)(=O)N(CC(=O)N(Cc1ccccc1C)C(Cc1ccccc1)C(=O)NC(C)C)c1ccc2c(c1)OCCO2. The Morgan fingerprint density at radius 2 is 1.60 bits per heavy atom. The third-order valence-electron chi connectivity index (χ3n) is 7.10. The van der Waals surface area contributed by atoms with Crippen LogP contribution in [0.1, 0.15) is 37.5 Å². The highest BCUT2D eigenvalue weighted by atomic mass is 32.2. The molecule has 0 saturated heterocycles. The zero-order valence-electron chi connectivity index (χ0n) is 24.6. The van der Waals surface area contributed by atoms with Gasteiger partial charge in [-0.05, 0) is 56.5 Å². The molecule has 0 bridgehead atoms. The fraction of sp³-hybridized carbons (Fsp3) is 0.375. The molecular formula is C32H39N3O6S. The first-order chi connectivity index (χ1) is 20.1. The van der Waals surface area contributed by atoms with Crippen LogP contribution in [0.25, 0.3) is 0 Å². The molecule has 9 nitrogen and oxygen atoms in total. The zero-order chi connectivity index (χ0) is 30.3. The van der Waals surface area contributed by atoms with Crippen LogP contribution in [0.2, 0.25) is 0 Å². The van der Waals surface area contributed by atoms with Crippen molar-refractivity contribution in [3.8, 4) is 11.5 Å². The molecule has 224 valence electrons. The first kappa shape index (κ1) is 30.9. The van der Waals surface area contributed by atoms with Crippen LogP contribution in [0.5, 0.6) is 11.5 Å². The second-order valence-corrected chi connectivity index (χ2v) is 12.7. The van der Waals surface area contributed by atoms with E-state index < -0.39 is 28.5 Å². The van der Waals surface area contributed by atoms with Gasteiger partial charge in [-0.25, -0.2) is 8.42 Å².